The van der Waals surface area contributed by atoms with Crippen molar-refractivity contribution in [3.05, 3.63) is 16.4 Å². The largest absolute Gasteiger partial charge is 0.406 e. The van der Waals surface area contributed by atoms with Gasteiger partial charge in [0.15, 0.2) is 0 Å². The van der Waals surface area contributed by atoms with Crippen molar-refractivity contribution in [3.8, 4) is 0 Å². The van der Waals surface area contributed by atoms with Crippen LogP contribution in [0.15, 0.2) is 6.33 Å². The molecular weight excluding hydrogens is 240 g/mol. The van der Waals surface area contributed by atoms with Crippen molar-refractivity contribution in [2.24, 2.45) is 13.0 Å². The molecule has 1 aliphatic heterocycles. The van der Waals surface area contributed by atoms with Gasteiger partial charge >= 0.3 is 5.82 Å². The number of nitrogens with one attached hydrogen (secondary N) is 1. The summed E-state index contributed by atoms with van der Waals surface area (Å²) in [5.41, 5.74) is 0. The highest BCUT2D eigenvalue weighted by Gasteiger charge is 2.21. The molecule has 0 spiro atoms. The van der Waals surface area contributed by atoms with E-state index in [2.05, 4.69) is 10.3 Å². The minimum absolute atomic E-state index is 0.0855. The van der Waals surface area contributed by atoms with E-state index in [4.69, 9.17) is 0 Å². The molecule has 94 valence electrons. The fraction of sp³-hybridized carbons (Fsp3) is 0.700. The van der Waals surface area contributed by atoms with Crippen LogP contribution in [0.3, 0.4) is 0 Å². The average Bonchev–Trinajstić information content (AvgIpc) is 2.69. The van der Waals surface area contributed by atoms with E-state index in [9.17, 15) is 10.1 Å². The van der Waals surface area contributed by atoms with Crippen LogP contribution < -0.4 is 5.32 Å². The van der Waals surface area contributed by atoms with Crippen molar-refractivity contribution in [1.82, 2.24) is 9.55 Å². The minimum Gasteiger partial charge on any atom is -0.364 e. The maximum Gasteiger partial charge on any atom is 0.406 e. The summed E-state index contributed by atoms with van der Waals surface area (Å²) in [7, 11) is 1.76. The van der Waals surface area contributed by atoms with E-state index < -0.39 is 4.92 Å². The molecule has 17 heavy (non-hydrogen) atoms. The minimum atomic E-state index is -0.445. The molecule has 0 aromatic carbocycles. The van der Waals surface area contributed by atoms with Gasteiger partial charge in [0, 0.05) is 13.6 Å². The Morgan fingerprint density at radius 1 is 1.65 bits per heavy atom. The summed E-state index contributed by atoms with van der Waals surface area (Å²) in [6.45, 7) is 0.793. The van der Waals surface area contributed by atoms with E-state index in [-0.39, 0.29) is 5.82 Å². The lowest BCUT2D eigenvalue weighted by molar-refractivity contribution is -0.388. The molecule has 0 saturated carbocycles. The molecule has 2 heterocycles. The highest BCUT2D eigenvalue weighted by atomic mass is 32.2. The number of nitrogens with zero attached hydrogens (tertiary/aromatic N) is 3. The van der Waals surface area contributed by atoms with Crippen LogP contribution in [-0.4, -0.2) is 32.5 Å². The van der Waals surface area contributed by atoms with Crippen molar-refractivity contribution in [2.45, 2.75) is 12.8 Å². The summed E-state index contributed by atoms with van der Waals surface area (Å²) in [5.74, 6) is 3.43. The Hall–Kier alpha value is -1.24. The highest BCUT2D eigenvalue weighted by molar-refractivity contribution is 7.99. The van der Waals surface area contributed by atoms with Gasteiger partial charge in [0.25, 0.3) is 0 Å². The molecule has 0 bridgehead atoms. The van der Waals surface area contributed by atoms with Crippen LogP contribution in [0.5, 0.6) is 0 Å². The molecule has 1 aromatic rings. The second-order valence-electron chi connectivity index (χ2n) is 4.22. The Morgan fingerprint density at radius 3 is 3.00 bits per heavy atom. The van der Waals surface area contributed by atoms with Gasteiger partial charge in [0.1, 0.15) is 0 Å². The lowest BCUT2D eigenvalue weighted by atomic mass is 10.0. The Bertz CT molecular complexity index is 401. The zero-order valence-corrected chi connectivity index (χ0v) is 10.6. The van der Waals surface area contributed by atoms with Gasteiger partial charge in [-0.2, -0.15) is 11.8 Å². The number of aryl methyl sites for hydroxylation is 1. The van der Waals surface area contributed by atoms with Crippen molar-refractivity contribution in [3.63, 3.8) is 0 Å². The van der Waals surface area contributed by atoms with Crippen LogP contribution in [-0.2, 0) is 7.05 Å². The Labute approximate surface area is 104 Å². The van der Waals surface area contributed by atoms with Crippen LogP contribution in [0.2, 0.25) is 0 Å². The third-order valence-electron chi connectivity index (χ3n) is 2.99. The standard InChI is InChI=1S/C10H16N4O2S/c1-13-7-12-10(14(15)16)9(13)11-6-8-2-4-17-5-3-8/h7-8,11H,2-6H2,1H3. The van der Waals surface area contributed by atoms with Crippen molar-refractivity contribution in [2.75, 3.05) is 23.4 Å². The Kier molecular flexibility index (Phi) is 3.88. The van der Waals surface area contributed by atoms with Gasteiger partial charge in [-0.15, -0.1) is 0 Å². The molecule has 0 atom stereocenters. The molecule has 0 amide bonds. The molecule has 1 saturated heterocycles. The topological polar surface area (TPSA) is 73.0 Å². The van der Waals surface area contributed by atoms with Gasteiger partial charge < -0.3 is 15.4 Å². The quantitative estimate of drug-likeness (QED) is 0.657. The van der Waals surface area contributed by atoms with E-state index in [0.29, 0.717) is 11.7 Å². The number of anilines is 1. The molecule has 2 rings (SSSR count). The number of hydrogen-bond acceptors (Lipinski definition) is 5. The van der Waals surface area contributed by atoms with Crippen LogP contribution in [0.1, 0.15) is 12.8 Å². The lowest BCUT2D eigenvalue weighted by Crippen LogP contribution is -2.20. The second-order valence-corrected chi connectivity index (χ2v) is 5.45. The van der Waals surface area contributed by atoms with E-state index in [1.54, 1.807) is 11.6 Å². The smallest absolute Gasteiger partial charge is 0.364 e. The molecule has 1 aromatic heterocycles. The van der Waals surface area contributed by atoms with Crippen LogP contribution in [0.4, 0.5) is 11.6 Å². The summed E-state index contributed by atoms with van der Waals surface area (Å²) in [5, 5.41) is 13.9. The molecular formula is C10H16N4O2S. The first-order valence-corrected chi connectivity index (χ1v) is 6.81. The fourth-order valence-electron chi connectivity index (χ4n) is 1.95. The maximum atomic E-state index is 10.8. The van der Waals surface area contributed by atoms with E-state index >= 15 is 0 Å². The fourth-order valence-corrected chi connectivity index (χ4v) is 3.15. The molecule has 1 fully saturated rings. The lowest BCUT2D eigenvalue weighted by Gasteiger charge is -2.21. The molecule has 0 radical (unpaired) electrons. The summed E-state index contributed by atoms with van der Waals surface area (Å²) < 4.78 is 1.66. The predicted octanol–water partition coefficient (Wildman–Crippen LogP) is 1.88. The third-order valence-corrected chi connectivity index (χ3v) is 4.04. The van der Waals surface area contributed by atoms with E-state index in [1.165, 1.54) is 30.7 Å². The van der Waals surface area contributed by atoms with Gasteiger partial charge in [0.2, 0.25) is 12.1 Å². The zero-order valence-electron chi connectivity index (χ0n) is 9.76. The number of rotatable bonds is 4. The molecule has 1 N–H and O–H groups in total. The molecule has 0 unspecified atom stereocenters. The molecule has 0 aliphatic carbocycles. The highest BCUT2D eigenvalue weighted by Crippen LogP contribution is 2.25. The molecule has 6 nitrogen and oxygen atoms in total. The van der Waals surface area contributed by atoms with Gasteiger partial charge in [-0.05, 0) is 40.2 Å². The summed E-state index contributed by atoms with van der Waals surface area (Å²) in [6, 6.07) is 0. The Morgan fingerprint density at radius 2 is 2.35 bits per heavy atom. The summed E-state index contributed by atoms with van der Waals surface area (Å²) in [6.07, 6.45) is 3.84. The van der Waals surface area contributed by atoms with Gasteiger partial charge in [0.05, 0.1) is 0 Å². The Balaban J connectivity index is 1.97. The summed E-state index contributed by atoms with van der Waals surface area (Å²) in [4.78, 5) is 14.1. The first-order valence-electron chi connectivity index (χ1n) is 5.66. The number of imidazole rings is 1. The van der Waals surface area contributed by atoms with Crippen molar-refractivity contribution >= 4 is 23.4 Å². The molecule has 1 aliphatic rings. The van der Waals surface area contributed by atoms with Crippen LogP contribution in [0, 0.1) is 16.0 Å². The van der Waals surface area contributed by atoms with Crippen molar-refractivity contribution < 1.29 is 4.92 Å². The predicted molar refractivity (Wildman–Crippen MR) is 68.4 cm³/mol. The first kappa shape index (κ1) is 12.2. The van der Waals surface area contributed by atoms with Crippen molar-refractivity contribution in [1.29, 1.82) is 0 Å². The van der Waals surface area contributed by atoms with Gasteiger partial charge in [-0.3, -0.25) is 4.57 Å². The van der Waals surface area contributed by atoms with Crippen LogP contribution in [0.25, 0.3) is 0 Å². The SMILES string of the molecule is Cn1cnc([N+](=O)[O-])c1NCC1CCSCC1. The number of thioether (sulfide) groups is 1. The number of nitro groups is 1. The average molecular weight is 256 g/mol. The zero-order chi connectivity index (χ0) is 12.3. The van der Waals surface area contributed by atoms with Gasteiger partial charge in [-0.25, -0.2) is 0 Å². The van der Waals surface area contributed by atoms with E-state index in [0.717, 1.165) is 6.54 Å². The normalized spacial score (nSPS) is 17.0. The number of aromatic nitrogens is 2. The van der Waals surface area contributed by atoms with Gasteiger partial charge in [-0.1, -0.05) is 0 Å². The summed E-state index contributed by atoms with van der Waals surface area (Å²) >= 11 is 1.98. The van der Waals surface area contributed by atoms with E-state index in [1.807, 2.05) is 11.8 Å². The monoisotopic (exact) mass is 256 g/mol. The maximum absolute atomic E-state index is 10.8. The third kappa shape index (κ3) is 2.91. The second kappa shape index (κ2) is 5.39. The number of hydrogen-bond donors (Lipinski definition) is 1. The first-order chi connectivity index (χ1) is 8.18. The molecule has 7 heteroatoms. The van der Waals surface area contributed by atoms with Crippen LogP contribution >= 0.6 is 11.8 Å².